The Balaban J connectivity index is 2.74. The number of anilines is 1. The van der Waals surface area contributed by atoms with Gasteiger partial charge in [-0.25, -0.2) is 0 Å². The number of nitrogens with two attached hydrogens (primary N) is 1. The van der Waals surface area contributed by atoms with Crippen molar-refractivity contribution in [1.29, 1.82) is 0 Å². The van der Waals surface area contributed by atoms with E-state index in [1.807, 2.05) is 0 Å². The normalized spacial score (nSPS) is 10.2. The molecular formula is C10H8N2O. The molecule has 3 heteroatoms. The lowest BCUT2D eigenvalue weighted by molar-refractivity contribution is 0.112. The van der Waals surface area contributed by atoms with E-state index in [1.165, 1.54) is 0 Å². The van der Waals surface area contributed by atoms with Crippen LogP contribution in [0.3, 0.4) is 0 Å². The van der Waals surface area contributed by atoms with E-state index in [0.29, 0.717) is 11.3 Å². The van der Waals surface area contributed by atoms with Gasteiger partial charge in [0.1, 0.15) is 6.29 Å². The fraction of sp³-hybridized carbons (Fsp3) is 0. The van der Waals surface area contributed by atoms with Crippen molar-refractivity contribution in [2.75, 3.05) is 5.73 Å². The molecule has 2 aromatic rings. The number of aldehydes is 1. The van der Waals surface area contributed by atoms with Gasteiger partial charge in [0.2, 0.25) is 0 Å². The van der Waals surface area contributed by atoms with Crippen molar-refractivity contribution in [2.45, 2.75) is 0 Å². The van der Waals surface area contributed by atoms with Gasteiger partial charge in [0.15, 0.2) is 0 Å². The van der Waals surface area contributed by atoms with E-state index < -0.39 is 0 Å². The van der Waals surface area contributed by atoms with Crippen LogP contribution in [0.1, 0.15) is 10.4 Å². The molecule has 0 radical (unpaired) electrons. The number of hydrogen-bond donors (Lipinski definition) is 1. The Labute approximate surface area is 75.2 Å². The zero-order chi connectivity index (χ0) is 9.26. The van der Waals surface area contributed by atoms with Gasteiger partial charge in [0, 0.05) is 10.9 Å². The highest BCUT2D eigenvalue weighted by Crippen LogP contribution is 2.15. The number of nitrogen functional groups attached to an aromatic ring is 1. The van der Waals surface area contributed by atoms with Crippen LogP contribution in [0.5, 0.6) is 0 Å². The Morgan fingerprint density at radius 1 is 1.31 bits per heavy atom. The first-order valence-corrected chi connectivity index (χ1v) is 3.90. The van der Waals surface area contributed by atoms with Gasteiger partial charge < -0.3 is 5.73 Å². The molecule has 0 unspecified atom stereocenters. The summed E-state index contributed by atoms with van der Waals surface area (Å²) in [6, 6.07) is 7.11. The Kier molecular flexibility index (Phi) is 1.70. The maximum absolute atomic E-state index is 10.5. The predicted molar refractivity (Wildman–Crippen MR) is 51.5 cm³/mol. The van der Waals surface area contributed by atoms with Crippen molar-refractivity contribution in [1.82, 2.24) is 4.98 Å². The summed E-state index contributed by atoms with van der Waals surface area (Å²) in [5.41, 5.74) is 7.66. The van der Waals surface area contributed by atoms with Gasteiger partial charge in [-0.05, 0) is 24.3 Å². The largest absolute Gasteiger partial charge is 0.397 e. The van der Waals surface area contributed by atoms with Crippen molar-refractivity contribution in [3.8, 4) is 0 Å². The molecule has 0 aliphatic carbocycles. The Bertz CT molecular complexity index is 465. The maximum Gasteiger partial charge on any atom is 0.150 e. The molecule has 64 valence electrons. The molecule has 0 fully saturated rings. The highest BCUT2D eigenvalue weighted by atomic mass is 16.1. The third-order valence-electron chi connectivity index (χ3n) is 1.86. The molecule has 0 aliphatic rings. The lowest BCUT2D eigenvalue weighted by Crippen LogP contribution is -1.88. The first-order chi connectivity index (χ1) is 6.29. The third-order valence-corrected chi connectivity index (χ3v) is 1.86. The predicted octanol–water partition coefficient (Wildman–Crippen LogP) is 1.63. The van der Waals surface area contributed by atoms with E-state index in [2.05, 4.69) is 4.98 Å². The van der Waals surface area contributed by atoms with Crippen LogP contribution in [-0.2, 0) is 0 Å². The quantitative estimate of drug-likeness (QED) is 0.665. The van der Waals surface area contributed by atoms with Crippen molar-refractivity contribution in [3.05, 3.63) is 36.0 Å². The molecule has 0 aliphatic heterocycles. The van der Waals surface area contributed by atoms with Crippen LogP contribution >= 0.6 is 0 Å². The van der Waals surface area contributed by atoms with Crippen LogP contribution in [0.4, 0.5) is 5.69 Å². The Hall–Kier alpha value is -1.90. The molecule has 0 spiro atoms. The number of rotatable bonds is 1. The smallest absolute Gasteiger partial charge is 0.150 e. The minimum Gasteiger partial charge on any atom is -0.397 e. The molecule has 3 nitrogen and oxygen atoms in total. The van der Waals surface area contributed by atoms with Gasteiger partial charge in [-0.3, -0.25) is 9.78 Å². The van der Waals surface area contributed by atoms with Gasteiger partial charge in [-0.15, -0.1) is 0 Å². The second-order valence-electron chi connectivity index (χ2n) is 2.84. The summed E-state index contributed by atoms with van der Waals surface area (Å²) in [4.78, 5) is 14.6. The second-order valence-corrected chi connectivity index (χ2v) is 2.84. The number of fused-ring (bicyclic) bond motifs is 1. The van der Waals surface area contributed by atoms with Gasteiger partial charge >= 0.3 is 0 Å². The lowest BCUT2D eigenvalue weighted by atomic mass is 10.1. The molecule has 2 rings (SSSR count). The van der Waals surface area contributed by atoms with Crippen molar-refractivity contribution in [2.24, 2.45) is 0 Å². The van der Waals surface area contributed by atoms with Gasteiger partial charge in [0.05, 0.1) is 17.4 Å². The molecule has 0 amide bonds. The van der Waals surface area contributed by atoms with Crippen LogP contribution in [0, 0.1) is 0 Å². The molecule has 0 atom stereocenters. The molecular weight excluding hydrogens is 164 g/mol. The minimum atomic E-state index is 0.607. The SMILES string of the molecule is Nc1cnc2ccc(C=O)cc2c1. The average molecular weight is 172 g/mol. The van der Waals surface area contributed by atoms with E-state index in [-0.39, 0.29) is 0 Å². The summed E-state index contributed by atoms with van der Waals surface area (Å²) >= 11 is 0. The summed E-state index contributed by atoms with van der Waals surface area (Å²) < 4.78 is 0. The van der Waals surface area contributed by atoms with E-state index >= 15 is 0 Å². The zero-order valence-corrected chi connectivity index (χ0v) is 6.90. The molecule has 1 aromatic carbocycles. The summed E-state index contributed by atoms with van der Waals surface area (Å²) in [6.45, 7) is 0. The molecule has 1 aromatic heterocycles. The highest BCUT2D eigenvalue weighted by molar-refractivity contribution is 5.87. The summed E-state index contributed by atoms with van der Waals surface area (Å²) in [5, 5.41) is 0.893. The molecule has 0 saturated heterocycles. The number of nitrogens with zero attached hydrogens (tertiary/aromatic N) is 1. The van der Waals surface area contributed by atoms with Crippen molar-refractivity contribution >= 4 is 22.9 Å². The fourth-order valence-corrected chi connectivity index (χ4v) is 1.24. The maximum atomic E-state index is 10.5. The topological polar surface area (TPSA) is 56.0 Å². The molecule has 0 saturated carbocycles. The monoisotopic (exact) mass is 172 g/mol. The van der Waals surface area contributed by atoms with Crippen molar-refractivity contribution < 1.29 is 4.79 Å². The number of carbonyl (C=O) groups is 1. The fourth-order valence-electron chi connectivity index (χ4n) is 1.24. The molecule has 2 N–H and O–H groups in total. The number of hydrogen-bond acceptors (Lipinski definition) is 3. The highest BCUT2D eigenvalue weighted by Gasteiger charge is 1.96. The minimum absolute atomic E-state index is 0.607. The van der Waals surface area contributed by atoms with Crippen molar-refractivity contribution in [3.63, 3.8) is 0 Å². The second kappa shape index (κ2) is 2.86. The van der Waals surface area contributed by atoms with Crippen LogP contribution in [0.25, 0.3) is 10.9 Å². The summed E-state index contributed by atoms with van der Waals surface area (Å²) in [6.07, 6.45) is 2.41. The van der Waals surface area contributed by atoms with E-state index in [1.54, 1.807) is 30.5 Å². The summed E-state index contributed by atoms with van der Waals surface area (Å²) in [7, 11) is 0. The van der Waals surface area contributed by atoms with Crippen LogP contribution in [0.15, 0.2) is 30.5 Å². The number of carbonyl (C=O) groups excluding carboxylic acids is 1. The lowest BCUT2D eigenvalue weighted by Gasteiger charge is -1.98. The van der Waals surface area contributed by atoms with Gasteiger partial charge in [-0.2, -0.15) is 0 Å². The number of aromatic nitrogens is 1. The zero-order valence-electron chi connectivity index (χ0n) is 6.90. The summed E-state index contributed by atoms with van der Waals surface area (Å²) in [5.74, 6) is 0. The molecule has 13 heavy (non-hydrogen) atoms. The van der Waals surface area contributed by atoms with Gasteiger partial charge in [0.25, 0.3) is 0 Å². The number of pyridine rings is 1. The molecule has 1 heterocycles. The van der Waals surface area contributed by atoms with Crippen LogP contribution in [-0.4, -0.2) is 11.3 Å². The molecule has 0 bridgehead atoms. The van der Waals surface area contributed by atoms with Crippen LogP contribution in [0.2, 0.25) is 0 Å². The van der Waals surface area contributed by atoms with E-state index in [4.69, 9.17) is 5.73 Å². The number of benzene rings is 1. The average Bonchev–Trinajstić information content (AvgIpc) is 2.16. The van der Waals surface area contributed by atoms with Gasteiger partial charge in [-0.1, -0.05) is 0 Å². The Morgan fingerprint density at radius 2 is 2.15 bits per heavy atom. The first kappa shape index (κ1) is 7.73. The Morgan fingerprint density at radius 3 is 2.92 bits per heavy atom. The first-order valence-electron chi connectivity index (χ1n) is 3.90. The van der Waals surface area contributed by atoms with E-state index in [0.717, 1.165) is 17.2 Å². The van der Waals surface area contributed by atoms with Crippen LogP contribution < -0.4 is 5.73 Å². The van der Waals surface area contributed by atoms with E-state index in [9.17, 15) is 4.79 Å². The standard InChI is InChI=1S/C10H8N2O/c11-9-4-8-3-7(6-13)1-2-10(8)12-5-9/h1-6H,11H2. The third kappa shape index (κ3) is 1.36.